The lowest BCUT2D eigenvalue weighted by atomic mass is 9.72. The van der Waals surface area contributed by atoms with E-state index in [0.29, 0.717) is 5.75 Å². The smallest absolute Gasteiger partial charge is 0.277 e. The number of amides is 1. The first-order valence-corrected chi connectivity index (χ1v) is 12.2. The average molecular weight is 648 g/mol. The summed E-state index contributed by atoms with van der Waals surface area (Å²) in [6, 6.07) is 11.9. The second-order valence-electron chi connectivity index (χ2n) is 9.24. The summed E-state index contributed by atoms with van der Waals surface area (Å²) in [5, 5.41) is 4.03. The van der Waals surface area contributed by atoms with Crippen LogP contribution in [0.4, 0.5) is 0 Å². The summed E-state index contributed by atoms with van der Waals surface area (Å²) in [4.78, 5) is 12.1. The fourth-order valence-corrected chi connectivity index (χ4v) is 5.79. The van der Waals surface area contributed by atoms with Gasteiger partial charge < -0.3 is 9.47 Å². The molecule has 0 aromatic heterocycles. The first kappa shape index (κ1) is 25.9. The molecular weight excluding hydrogens is 618 g/mol. The maximum Gasteiger partial charge on any atom is 0.277 e. The monoisotopic (exact) mass is 648 g/mol. The largest absolute Gasteiger partial charge is 0.495 e. The topological polar surface area (TPSA) is 59.9 Å². The Balaban J connectivity index is 1.91. The highest BCUT2D eigenvalue weighted by Crippen LogP contribution is 2.36. The van der Waals surface area contributed by atoms with Crippen molar-refractivity contribution in [2.45, 2.75) is 46.5 Å². The van der Waals surface area contributed by atoms with Gasteiger partial charge >= 0.3 is 0 Å². The van der Waals surface area contributed by atoms with Gasteiger partial charge in [-0.05, 0) is 92.3 Å². The van der Waals surface area contributed by atoms with E-state index in [1.807, 2.05) is 24.3 Å². The molecule has 1 amide bonds. The van der Waals surface area contributed by atoms with Crippen molar-refractivity contribution in [2.75, 3.05) is 13.7 Å². The minimum absolute atomic E-state index is 0.0665. The number of nitrogens with one attached hydrogen (secondary N) is 1. The minimum atomic E-state index is -0.326. The summed E-state index contributed by atoms with van der Waals surface area (Å²) in [7, 11) is 1.61. The van der Waals surface area contributed by atoms with Crippen LogP contribution in [0.25, 0.3) is 0 Å². The Morgan fingerprint density at radius 1 is 1.10 bits per heavy atom. The molecule has 31 heavy (non-hydrogen) atoms. The number of nitrogens with zero attached hydrogens (tertiary/aromatic N) is 1. The summed E-state index contributed by atoms with van der Waals surface area (Å²) in [6.45, 7) is 11.2. The second-order valence-corrected chi connectivity index (χ2v) is 11.6. The van der Waals surface area contributed by atoms with Crippen molar-refractivity contribution < 1.29 is 14.3 Å². The van der Waals surface area contributed by atoms with Crippen LogP contribution in [0.15, 0.2) is 41.5 Å². The molecular formula is C24H30I2N2O3. The Labute approximate surface area is 212 Å². The number of carbonyl (C=O) groups excluding carboxylic acids is 1. The zero-order valence-corrected chi connectivity index (χ0v) is 23.2. The van der Waals surface area contributed by atoms with Gasteiger partial charge in [-0.3, -0.25) is 4.79 Å². The van der Waals surface area contributed by atoms with E-state index >= 15 is 0 Å². The van der Waals surface area contributed by atoms with Crippen molar-refractivity contribution >= 4 is 57.3 Å². The third kappa shape index (κ3) is 8.25. The first-order valence-electron chi connectivity index (χ1n) is 9.99. The third-order valence-electron chi connectivity index (χ3n) is 4.61. The fourth-order valence-electron chi connectivity index (χ4n) is 3.68. The molecule has 0 radical (unpaired) electrons. The van der Waals surface area contributed by atoms with Gasteiger partial charge in [0.05, 0.1) is 16.9 Å². The molecule has 0 saturated heterocycles. The quantitative estimate of drug-likeness (QED) is 0.213. The van der Waals surface area contributed by atoms with Crippen LogP contribution in [-0.2, 0) is 10.2 Å². The van der Waals surface area contributed by atoms with Crippen molar-refractivity contribution in [1.82, 2.24) is 5.43 Å². The van der Waals surface area contributed by atoms with Crippen LogP contribution in [0.2, 0.25) is 0 Å². The molecule has 0 aliphatic carbocycles. The molecule has 1 N–H and O–H groups in total. The Kier molecular flexibility index (Phi) is 9.17. The zero-order valence-electron chi connectivity index (χ0n) is 18.9. The summed E-state index contributed by atoms with van der Waals surface area (Å²) < 4.78 is 13.1. The summed E-state index contributed by atoms with van der Waals surface area (Å²) in [5.74, 6) is 1.06. The summed E-state index contributed by atoms with van der Waals surface area (Å²) in [6.07, 6.45) is 2.65. The molecule has 0 spiro atoms. The molecule has 0 aliphatic rings. The van der Waals surface area contributed by atoms with Gasteiger partial charge in [0.25, 0.3) is 5.91 Å². The van der Waals surface area contributed by atoms with Gasteiger partial charge in [0.2, 0.25) is 0 Å². The molecule has 0 saturated carbocycles. The number of carbonyl (C=O) groups is 1. The molecule has 0 fully saturated rings. The van der Waals surface area contributed by atoms with Crippen LogP contribution < -0.4 is 14.9 Å². The Morgan fingerprint density at radius 2 is 1.74 bits per heavy atom. The lowest BCUT2D eigenvalue weighted by Crippen LogP contribution is -2.25. The van der Waals surface area contributed by atoms with Gasteiger partial charge in [-0.2, -0.15) is 5.10 Å². The molecule has 0 heterocycles. The predicted molar refractivity (Wildman–Crippen MR) is 143 cm³/mol. The highest BCUT2D eigenvalue weighted by atomic mass is 127. The maximum absolute atomic E-state index is 12.1. The standard InChI is InChI=1S/C24H30I2N2O3/c1-23(2,3)15-24(4,5)17-7-9-19(10-8-17)31-14-21(29)28-27-13-16-11-18(25)12-20(26)22(16)30-6/h7-13H,14-15H2,1-6H3,(H,28,29)/b27-13+. The SMILES string of the molecule is COc1c(I)cc(I)cc1/C=N/NC(=O)COc1ccc(C(C)(C)CC(C)(C)C)cc1. The number of hydrogen-bond acceptors (Lipinski definition) is 4. The van der Waals surface area contributed by atoms with E-state index < -0.39 is 0 Å². The lowest BCUT2D eigenvalue weighted by Gasteiger charge is -2.33. The number of rotatable bonds is 8. The number of benzene rings is 2. The molecule has 2 rings (SSSR count). The molecule has 2 aromatic carbocycles. The highest BCUT2D eigenvalue weighted by Gasteiger charge is 2.27. The van der Waals surface area contributed by atoms with Gasteiger partial charge in [0, 0.05) is 9.13 Å². The zero-order chi connectivity index (χ0) is 23.2. The van der Waals surface area contributed by atoms with Crippen LogP contribution in [0, 0.1) is 12.6 Å². The van der Waals surface area contributed by atoms with E-state index in [1.165, 1.54) is 5.56 Å². The van der Waals surface area contributed by atoms with Gasteiger partial charge in [0.15, 0.2) is 6.61 Å². The van der Waals surface area contributed by atoms with E-state index in [2.05, 4.69) is 102 Å². The van der Waals surface area contributed by atoms with Gasteiger partial charge in [-0.1, -0.05) is 46.8 Å². The van der Waals surface area contributed by atoms with Crippen molar-refractivity contribution in [3.05, 3.63) is 54.7 Å². The van der Waals surface area contributed by atoms with E-state index in [9.17, 15) is 4.79 Å². The second kappa shape index (κ2) is 11.0. The minimum Gasteiger partial charge on any atom is -0.495 e. The number of methoxy groups -OCH3 is 1. The lowest BCUT2D eigenvalue weighted by molar-refractivity contribution is -0.123. The van der Waals surface area contributed by atoms with Crippen LogP contribution in [0.5, 0.6) is 11.5 Å². The van der Waals surface area contributed by atoms with Crippen LogP contribution in [0.3, 0.4) is 0 Å². The van der Waals surface area contributed by atoms with E-state index in [4.69, 9.17) is 9.47 Å². The Bertz CT molecular complexity index is 933. The number of ether oxygens (including phenoxy) is 2. The van der Waals surface area contributed by atoms with Crippen molar-refractivity contribution in [1.29, 1.82) is 0 Å². The highest BCUT2D eigenvalue weighted by molar-refractivity contribution is 14.1. The van der Waals surface area contributed by atoms with Gasteiger partial charge in [0.1, 0.15) is 11.5 Å². The number of halogens is 2. The molecule has 0 bridgehead atoms. The van der Waals surface area contributed by atoms with E-state index in [-0.39, 0.29) is 23.3 Å². The average Bonchev–Trinajstić information content (AvgIpc) is 2.64. The van der Waals surface area contributed by atoms with E-state index in [1.54, 1.807) is 13.3 Å². The third-order valence-corrected chi connectivity index (χ3v) is 6.04. The van der Waals surface area contributed by atoms with Crippen molar-refractivity contribution in [2.24, 2.45) is 10.5 Å². The van der Waals surface area contributed by atoms with E-state index in [0.717, 1.165) is 24.9 Å². The van der Waals surface area contributed by atoms with Crippen LogP contribution in [-0.4, -0.2) is 25.8 Å². The molecule has 0 aliphatic heterocycles. The van der Waals surface area contributed by atoms with Crippen molar-refractivity contribution in [3.63, 3.8) is 0 Å². The molecule has 0 unspecified atom stereocenters. The Morgan fingerprint density at radius 3 is 2.32 bits per heavy atom. The normalized spacial score (nSPS) is 12.1. The van der Waals surface area contributed by atoms with Gasteiger partial charge in [-0.25, -0.2) is 5.43 Å². The fraction of sp³-hybridized carbons (Fsp3) is 0.417. The summed E-state index contributed by atoms with van der Waals surface area (Å²) in [5.41, 5.74) is 4.87. The van der Waals surface area contributed by atoms with Crippen molar-refractivity contribution in [3.8, 4) is 11.5 Å². The number of hydrazone groups is 1. The summed E-state index contributed by atoms with van der Waals surface area (Å²) >= 11 is 4.44. The predicted octanol–water partition coefficient (Wildman–Crippen LogP) is 6.15. The molecule has 2 aromatic rings. The molecule has 168 valence electrons. The molecule has 0 atom stereocenters. The molecule has 7 heteroatoms. The van der Waals surface area contributed by atoms with Crippen LogP contribution in [0.1, 0.15) is 52.2 Å². The maximum atomic E-state index is 12.1. The number of hydrogen-bond donors (Lipinski definition) is 1. The first-order chi connectivity index (χ1) is 14.4. The van der Waals surface area contributed by atoms with Crippen LogP contribution >= 0.6 is 45.2 Å². The molecule has 5 nitrogen and oxygen atoms in total. The Hall–Kier alpha value is -1.36. The van der Waals surface area contributed by atoms with Gasteiger partial charge in [-0.15, -0.1) is 0 Å².